The van der Waals surface area contributed by atoms with Crippen LogP contribution in [0.1, 0.15) is 17.5 Å². The fraction of sp³-hybridized carbons (Fsp3) is 0.200. The molecule has 0 fully saturated rings. The van der Waals surface area contributed by atoms with Crippen molar-refractivity contribution in [3.63, 3.8) is 0 Å². The average molecular weight is 179 g/mol. The summed E-state index contributed by atoms with van der Waals surface area (Å²) in [6.07, 6.45) is 6.11. The third kappa shape index (κ3) is 2.78. The van der Waals surface area contributed by atoms with Crippen LogP contribution in [0.4, 0.5) is 4.39 Å². The molecule has 0 unspecified atom stereocenters. The molecule has 0 radical (unpaired) electrons. The van der Waals surface area contributed by atoms with Gasteiger partial charge in [0.2, 0.25) is 5.95 Å². The van der Waals surface area contributed by atoms with Crippen LogP contribution in [0.25, 0.3) is 6.08 Å². The van der Waals surface area contributed by atoms with E-state index in [1.165, 1.54) is 12.3 Å². The normalized spacial score (nSPS) is 10.6. The Hall–Kier alpha value is -1.51. The standard InChI is InChI=1S/C10H10FNO/c1-8-6-10(11)12-7-9(8)4-2-3-5-13/h2,4-7H,3H2,1H3. The zero-order valence-corrected chi connectivity index (χ0v) is 7.33. The summed E-state index contributed by atoms with van der Waals surface area (Å²) in [5, 5.41) is 0. The lowest BCUT2D eigenvalue weighted by atomic mass is 10.1. The van der Waals surface area contributed by atoms with Gasteiger partial charge in [0.1, 0.15) is 6.29 Å². The molecule has 0 aliphatic rings. The van der Waals surface area contributed by atoms with Crippen LogP contribution in [0, 0.1) is 12.9 Å². The van der Waals surface area contributed by atoms with Crippen LogP contribution < -0.4 is 0 Å². The molecule has 0 amide bonds. The molecule has 1 rings (SSSR count). The van der Waals surface area contributed by atoms with Crippen LogP contribution in [0.5, 0.6) is 0 Å². The molecule has 0 spiro atoms. The van der Waals surface area contributed by atoms with Crippen molar-refractivity contribution in [1.82, 2.24) is 4.98 Å². The number of aromatic nitrogens is 1. The molecule has 0 aromatic carbocycles. The van der Waals surface area contributed by atoms with Gasteiger partial charge in [0.15, 0.2) is 0 Å². The Morgan fingerprint density at radius 2 is 2.38 bits per heavy atom. The van der Waals surface area contributed by atoms with Gasteiger partial charge in [-0.2, -0.15) is 4.39 Å². The van der Waals surface area contributed by atoms with E-state index >= 15 is 0 Å². The summed E-state index contributed by atoms with van der Waals surface area (Å²) >= 11 is 0. The summed E-state index contributed by atoms with van der Waals surface area (Å²) in [4.78, 5) is 13.5. The van der Waals surface area contributed by atoms with E-state index in [9.17, 15) is 9.18 Å². The number of hydrogen-bond donors (Lipinski definition) is 0. The molecule has 68 valence electrons. The van der Waals surface area contributed by atoms with Gasteiger partial charge in [-0.1, -0.05) is 12.2 Å². The molecule has 0 saturated carbocycles. The van der Waals surface area contributed by atoms with E-state index in [1.807, 2.05) is 0 Å². The van der Waals surface area contributed by atoms with Crippen LogP contribution in [-0.4, -0.2) is 11.3 Å². The smallest absolute Gasteiger partial charge is 0.213 e. The maximum atomic E-state index is 12.5. The first-order chi connectivity index (χ1) is 6.24. The minimum atomic E-state index is -0.481. The van der Waals surface area contributed by atoms with Crippen molar-refractivity contribution in [3.05, 3.63) is 35.4 Å². The number of allylic oxidation sites excluding steroid dienone is 1. The zero-order chi connectivity index (χ0) is 9.68. The molecule has 2 nitrogen and oxygen atoms in total. The van der Waals surface area contributed by atoms with Crippen molar-refractivity contribution >= 4 is 12.4 Å². The molecule has 1 aromatic rings. The number of pyridine rings is 1. The van der Waals surface area contributed by atoms with Gasteiger partial charge in [-0.25, -0.2) is 4.98 Å². The number of rotatable bonds is 3. The molecule has 0 saturated heterocycles. The Balaban J connectivity index is 2.83. The molecule has 1 heterocycles. The molecule has 13 heavy (non-hydrogen) atoms. The van der Waals surface area contributed by atoms with Crippen molar-refractivity contribution in [2.75, 3.05) is 0 Å². The van der Waals surface area contributed by atoms with E-state index in [0.29, 0.717) is 6.42 Å². The van der Waals surface area contributed by atoms with E-state index in [2.05, 4.69) is 4.98 Å². The second-order valence-corrected chi connectivity index (χ2v) is 2.67. The average Bonchev–Trinajstić information content (AvgIpc) is 2.09. The molecule has 0 atom stereocenters. The monoisotopic (exact) mass is 179 g/mol. The fourth-order valence-corrected chi connectivity index (χ4v) is 0.957. The minimum Gasteiger partial charge on any atom is -0.303 e. The number of carbonyl (C=O) groups is 1. The zero-order valence-electron chi connectivity index (χ0n) is 7.33. The van der Waals surface area contributed by atoms with Crippen LogP contribution in [0.2, 0.25) is 0 Å². The SMILES string of the molecule is Cc1cc(F)ncc1C=CCC=O. The van der Waals surface area contributed by atoms with Crippen molar-refractivity contribution in [1.29, 1.82) is 0 Å². The highest BCUT2D eigenvalue weighted by Crippen LogP contribution is 2.09. The van der Waals surface area contributed by atoms with Gasteiger partial charge in [0.05, 0.1) is 0 Å². The summed E-state index contributed by atoms with van der Waals surface area (Å²) in [7, 11) is 0. The van der Waals surface area contributed by atoms with E-state index in [1.54, 1.807) is 19.1 Å². The van der Waals surface area contributed by atoms with Gasteiger partial charge in [-0.3, -0.25) is 0 Å². The summed E-state index contributed by atoms with van der Waals surface area (Å²) in [6, 6.07) is 1.36. The van der Waals surface area contributed by atoms with Gasteiger partial charge in [0.25, 0.3) is 0 Å². The predicted molar refractivity (Wildman–Crippen MR) is 48.6 cm³/mol. The predicted octanol–water partition coefficient (Wildman–Crippen LogP) is 2.13. The van der Waals surface area contributed by atoms with Gasteiger partial charge in [-0.15, -0.1) is 0 Å². The van der Waals surface area contributed by atoms with Gasteiger partial charge in [-0.05, 0) is 24.1 Å². The Bertz CT molecular complexity index is 334. The second-order valence-electron chi connectivity index (χ2n) is 2.67. The van der Waals surface area contributed by atoms with Crippen LogP contribution in [0.15, 0.2) is 18.3 Å². The van der Waals surface area contributed by atoms with E-state index in [4.69, 9.17) is 0 Å². The van der Waals surface area contributed by atoms with Crippen LogP contribution in [0.3, 0.4) is 0 Å². The molecule has 0 aliphatic carbocycles. The third-order valence-corrected chi connectivity index (χ3v) is 1.65. The van der Waals surface area contributed by atoms with Crippen molar-refractivity contribution in [2.24, 2.45) is 0 Å². The fourth-order valence-electron chi connectivity index (χ4n) is 0.957. The Labute approximate surface area is 76.1 Å². The number of aryl methyl sites for hydroxylation is 1. The quantitative estimate of drug-likeness (QED) is 0.525. The summed E-state index contributed by atoms with van der Waals surface area (Å²) in [5.41, 5.74) is 1.65. The molecule has 0 aliphatic heterocycles. The molecule has 0 N–H and O–H groups in total. The van der Waals surface area contributed by atoms with Gasteiger partial charge < -0.3 is 4.79 Å². The lowest BCUT2D eigenvalue weighted by Gasteiger charge is -1.97. The summed E-state index contributed by atoms with van der Waals surface area (Å²) < 4.78 is 12.5. The molecule has 0 bridgehead atoms. The largest absolute Gasteiger partial charge is 0.303 e. The first-order valence-electron chi connectivity index (χ1n) is 3.96. The van der Waals surface area contributed by atoms with Gasteiger partial charge in [0, 0.05) is 12.6 Å². The topological polar surface area (TPSA) is 30.0 Å². The summed E-state index contributed by atoms with van der Waals surface area (Å²) in [6.45, 7) is 1.80. The van der Waals surface area contributed by atoms with Crippen LogP contribution in [-0.2, 0) is 4.79 Å². The molecule has 3 heteroatoms. The molecular formula is C10H10FNO. The maximum absolute atomic E-state index is 12.5. The molecule has 1 aromatic heterocycles. The lowest BCUT2D eigenvalue weighted by Crippen LogP contribution is -1.87. The summed E-state index contributed by atoms with van der Waals surface area (Å²) in [5.74, 6) is -0.481. The number of aldehydes is 1. The number of nitrogens with zero attached hydrogens (tertiary/aromatic N) is 1. The Kier molecular flexibility index (Phi) is 3.31. The van der Waals surface area contributed by atoms with Crippen molar-refractivity contribution in [2.45, 2.75) is 13.3 Å². The van der Waals surface area contributed by atoms with Gasteiger partial charge >= 0.3 is 0 Å². The third-order valence-electron chi connectivity index (χ3n) is 1.65. The van der Waals surface area contributed by atoms with E-state index < -0.39 is 5.95 Å². The first kappa shape index (κ1) is 9.58. The Morgan fingerprint density at radius 1 is 1.62 bits per heavy atom. The molecular weight excluding hydrogens is 169 g/mol. The Morgan fingerprint density at radius 3 is 3.00 bits per heavy atom. The number of halogens is 1. The van der Waals surface area contributed by atoms with E-state index in [-0.39, 0.29) is 0 Å². The lowest BCUT2D eigenvalue weighted by molar-refractivity contribution is -0.107. The number of carbonyl (C=O) groups excluding carboxylic acids is 1. The highest BCUT2D eigenvalue weighted by atomic mass is 19.1. The van der Waals surface area contributed by atoms with E-state index in [0.717, 1.165) is 17.4 Å². The number of hydrogen-bond acceptors (Lipinski definition) is 2. The van der Waals surface area contributed by atoms with Crippen molar-refractivity contribution in [3.8, 4) is 0 Å². The van der Waals surface area contributed by atoms with Crippen LogP contribution >= 0.6 is 0 Å². The maximum Gasteiger partial charge on any atom is 0.213 e. The highest BCUT2D eigenvalue weighted by Gasteiger charge is 1.96. The minimum absolute atomic E-state index is 0.372. The first-order valence-corrected chi connectivity index (χ1v) is 3.96. The van der Waals surface area contributed by atoms with Crippen molar-refractivity contribution < 1.29 is 9.18 Å². The second kappa shape index (κ2) is 4.50. The highest BCUT2D eigenvalue weighted by molar-refractivity contribution is 5.58.